The highest BCUT2D eigenvalue weighted by molar-refractivity contribution is 7.13. The van der Waals surface area contributed by atoms with Crippen LogP contribution in [0.3, 0.4) is 0 Å². The van der Waals surface area contributed by atoms with Crippen LogP contribution < -0.4 is 4.90 Å². The number of nitrogens with zero attached hydrogens (tertiary/aromatic N) is 2. The van der Waals surface area contributed by atoms with E-state index in [4.69, 9.17) is 11.7 Å². The lowest BCUT2D eigenvalue weighted by Crippen LogP contribution is -2.25. The highest BCUT2D eigenvalue weighted by Crippen LogP contribution is 2.22. The molecule has 1 heterocycles. The number of anilines is 1. The van der Waals surface area contributed by atoms with Gasteiger partial charge in [-0.15, -0.1) is 11.3 Å². The van der Waals surface area contributed by atoms with E-state index in [0.717, 1.165) is 28.4 Å². The third-order valence-electron chi connectivity index (χ3n) is 4.76. The molecule has 162 valence electrons. The predicted molar refractivity (Wildman–Crippen MR) is 133 cm³/mol. The van der Waals surface area contributed by atoms with Crippen LogP contribution in [0.5, 0.6) is 0 Å². The normalized spacial score (nSPS) is 11.8. The van der Waals surface area contributed by atoms with Crippen LogP contribution in [0.4, 0.5) is 5.69 Å². The molecule has 0 saturated carbocycles. The number of carbonyl (C=O) groups is 1. The van der Waals surface area contributed by atoms with Crippen LogP contribution in [0.25, 0.3) is 23.1 Å². The number of aliphatic carboxylic acids is 1. The summed E-state index contributed by atoms with van der Waals surface area (Å²) >= 11 is 1.61. The summed E-state index contributed by atoms with van der Waals surface area (Å²) in [6.45, 7) is 13.5. The minimum atomic E-state index is -1.21. The molecule has 2 rings (SSSR count). The molecule has 4 nitrogen and oxygen atoms in total. The van der Waals surface area contributed by atoms with E-state index in [9.17, 15) is 4.79 Å². The number of rotatable bonds is 12. The Labute approximate surface area is 189 Å². The van der Waals surface area contributed by atoms with Crippen LogP contribution in [0.2, 0.25) is 0 Å². The zero-order valence-electron chi connectivity index (χ0n) is 18.3. The zero-order valence-corrected chi connectivity index (χ0v) is 19.1. The highest BCUT2D eigenvalue weighted by atomic mass is 32.1. The molecule has 0 saturated heterocycles. The highest BCUT2D eigenvalue weighted by Gasteiger charge is 2.05. The van der Waals surface area contributed by atoms with E-state index in [1.807, 2.05) is 18.2 Å². The molecule has 2 aromatic rings. The number of allylic oxidation sites excluding steroid dienone is 2. The molecule has 0 spiro atoms. The van der Waals surface area contributed by atoms with Crippen molar-refractivity contribution in [2.45, 2.75) is 39.5 Å². The first-order valence-corrected chi connectivity index (χ1v) is 11.5. The monoisotopic (exact) mass is 434 g/mol. The Hall–Kier alpha value is -3.10. The summed E-state index contributed by atoms with van der Waals surface area (Å²) in [5.74, 6) is -1.21. The molecule has 5 heteroatoms. The molecule has 0 unspecified atom stereocenters. The Kier molecular flexibility index (Phi) is 10.3. The number of thiophene rings is 1. The van der Waals surface area contributed by atoms with E-state index in [-0.39, 0.29) is 5.70 Å². The standard InChI is InChI=1S/C26H30N2O2S/c1-4-6-19-28(20-7-5-2)22-14-11-21(12-15-22)13-16-24-18-17-23(31-24)9-8-10-25(27-3)26(29)30/h8-18H,4-7,19-20H2,1-2H3,(H,29,30)/b9-8+,16-13+,25-10-. The molecule has 1 aromatic heterocycles. The Balaban J connectivity index is 2.01. The van der Waals surface area contributed by atoms with Gasteiger partial charge in [0, 0.05) is 28.5 Å². The average molecular weight is 435 g/mol. The van der Waals surface area contributed by atoms with Gasteiger partial charge in [-0.05, 0) is 60.9 Å². The first kappa shape index (κ1) is 24.2. The van der Waals surface area contributed by atoms with Crippen LogP contribution in [-0.2, 0) is 4.79 Å². The molecule has 0 aliphatic heterocycles. The summed E-state index contributed by atoms with van der Waals surface area (Å²) in [6, 6.07) is 12.7. The molecule has 0 aliphatic rings. The van der Waals surface area contributed by atoms with Crippen LogP contribution >= 0.6 is 11.3 Å². The molecule has 0 radical (unpaired) electrons. The Morgan fingerprint density at radius 1 is 1.00 bits per heavy atom. The summed E-state index contributed by atoms with van der Waals surface area (Å²) in [5, 5.41) is 8.85. The second-order valence-corrected chi connectivity index (χ2v) is 8.33. The van der Waals surface area contributed by atoms with E-state index >= 15 is 0 Å². The molecule has 1 aromatic carbocycles. The minimum Gasteiger partial charge on any atom is -0.486 e. The van der Waals surface area contributed by atoms with Crippen molar-refractivity contribution in [3.8, 4) is 0 Å². The van der Waals surface area contributed by atoms with Gasteiger partial charge in [0.2, 0.25) is 0 Å². The van der Waals surface area contributed by atoms with E-state index in [1.165, 1.54) is 37.4 Å². The van der Waals surface area contributed by atoms with Gasteiger partial charge in [0.1, 0.15) is 0 Å². The van der Waals surface area contributed by atoms with Crippen molar-refractivity contribution >= 4 is 41.2 Å². The third-order valence-corrected chi connectivity index (χ3v) is 5.78. The third kappa shape index (κ3) is 8.27. The smallest absolute Gasteiger partial charge is 0.333 e. The first-order valence-electron chi connectivity index (χ1n) is 10.7. The fourth-order valence-corrected chi connectivity index (χ4v) is 3.81. The quantitative estimate of drug-likeness (QED) is 0.218. The first-order chi connectivity index (χ1) is 15.1. The van der Waals surface area contributed by atoms with Crippen molar-refractivity contribution in [1.82, 2.24) is 0 Å². The van der Waals surface area contributed by atoms with Gasteiger partial charge in [0.25, 0.3) is 5.70 Å². The van der Waals surface area contributed by atoms with Gasteiger partial charge in [-0.25, -0.2) is 4.85 Å². The lowest BCUT2D eigenvalue weighted by atomic mass is 10.1. The Bertz CT molecular complexity index is 954. The largest absolute Gasteiger partial charge is 0.486 e. The van der Waals surface area contributed by atoms with Gasteiger partial charge in [-0.2, -0.15) is 0 Å². The van der Waals surface area contributed by atoms with Crippen molar-refractivity contribution in [2.75, 3.05) is 18.0 Å². The number of carboxylic acid groups (broad SMARTS) is 1. The van der Waals surface area contributed by atoms with Crippen LogP contribution in [-0.4, -0.2) is 24.2 Å². The van der Waals surface area contributed by atoms with Gasteiger partial charge in [0.05, 0.1) is 6.57 Å². The van der Waals surface area contributed by atoms with Gasteiger partial charge in [-0.3, -0.25) is 4.79 Å². The number of unbranched alkanes of at least 4 members (excludes halogenated alkanes) is 2. The van der Waals surface area contributed by atoms with Gasteiger partial charge < -0.3 is 10.0 Å². The Morgan fingerprint density at radius 2 is 1.61 bits per heavy atom. The molecular weight excluding hydrogens is 404 g/mol. The van der Waals surface area contributed by atoms with Crippen LogP contribution in [0.1, 0.15) is 54.8 Å². The number of benzene rings is 1. The lowest BCUT2D eigenvalue weighted by molar-refractivity contribution is -0.132. The SMILES string of the molecule is [C-]#[N+]/C(=C\C=C\c1ccc(/C=C/c2ccc(N(CCCC)CCCC)cc2)s1)C(=O)O. The van der Waals surface area contributed by atoms with Crippen molar-refractivity contribution < 1.29 is 9.90 Å². The fraction of sp³-hybridized carbons (Fsp3) is 0.308. The molecule has 0 atom stereocenters. The molecule has 0 aliphatic carbocycles. The average Bonchev–Trinajstić information content (AvgIpc) is 3.23. The van der Waals surface area contributed by atoms with E-state index in [2.05, 4.69) is 60.0 Å². The number of hydrogen-bond acceptors (Lipinski definition) is 3. The molecule has 0 fully saturated rings. The second kappa shape index (κ2) is 13.3. The minimum absolute atomic E-state index is 0.292. The zero-order chi connectivity index (χ0) is 22.5. The molecule has 31 heavy (non-hydrogen) atoms. The summed E-state index contributed by atoms with van der Waals surface area (Å²) in [6.07, 6.45) is 13.8. The maximum absolute atomic E-state index is 10.8. The van der Waals surface area contributed by atoms with Crippen LogP contribution in [0.15, 0.2) is 54.2 Å². The fourth-order valence-electron chi connectivity index (χ4n) is 2.98. The lowest BCUT2D eigenvalue weighted by Gasteiger charge is -2.24. The van der Waals surface area contributed by atoms with Crippen LogP contribution in [0, 0.1) is 6.57 Å². The van der Waals surface area contributed by atoms with Gasteiger partial charge >= 0.3 is 5.97 Å². The molecular formula is C26H30N2O2S. The summed E-state index contributed by atoms with van der Waals surface area (Å²) in [7, 11) is 0. The summed E-state index contributed by atoms with van der Waals surface area (Å²) in [4.78, 5) is 18.4. The maximum Gasteiger partial charge on any atom is 0.333 e. The number of hydrogen-bond donors (Lipinski definition) is 1. The molecule has 1 N–H and O–H groups in total. The topological polar surface area (TPSA) is 44.9 Å². The second-order valence-electron chi connectivity index (χ2n) is 7.19. The van der Waals surface area contributed by atoms with E-state index in [0.29, 0.717) is 0 Å². The van der Waals surface area contributed by atoms with Crippen molar-refractivity contribution in [3.63, 3.8) is 0 Å². The number of carboxylic acids is 1. The van der Waals surface area contributed by atoms with E-state index < -0.39 is 5.97 Å². The summed E-state index contributed by atoms with van der Waals surface area (Å²) < 4.78 is 0. The Morgan fingerprint density at radius 3 is 2.16 bits per heavy atom. The summed E-state index contributed by atoms with van der Waals surface area (Å²) in [5.41, 5.74) is 2.15. The van der Waals surface area contributed by atoms with E-state index in [1.54, 1.807) is 17.4 Å². The molecule has 0 amide bonds. The van der Waals surface area contributed by atoms with Crippen molar-refractivity contribution in [2.24, 2.45) is 0 Å². The van der Waals surface area contributed by atoms with Gasteiger partial charge in [0.15, 0.2) is 0 Å². The predicted octanol–water partition coefficient (Wildman–Crippen LogP) is 7.23. The maximum atomic E-state index is 10.8. The van der Waals surface area contributed by atoms with Crippen molar-refractivity contribution in [1.29, 1.82) is 0 Å². The van der Waals surface area contributed by atoms with Crippen molar-refractivity contribution in [3.05, 3.63) is 81.0 Å². The van der Waals surface area contributed by atoms with Gasteiger partial charge in [-0.1, -0.05) is 51.0 Å². The molecule has 0 bridgehead atoms.